The lowest BCUT2D eigenvalue weighted by Crippen LogP contribution is -2.23. The van der Waals surface area contributed by atoms with Crippen LogP contribution in [0.3, 0.4) is 0 Å². The Bertz CT molecular complexity index is 508. The van der Waals surface area contributed by atoms with Gasteiger partial charge in [-0.3, -0.25) is 0 Å². The van der Waals surface area contributed by atoms with Crippen LogP contribution in [-0.2, 0) is 6.54 Å². The summed E-state index contributed by atoms with van der Waals surface area (Å²) < 4.78 is 0. The molecule has 1 aromatic carbocycles. The van der Waals surface area contributed by atoms with Gasteiger partial charge in [-0.15, -0.1) is 0 Å². The SMILES string of the molecule is CCN(Cc1ccccc1)c1ccc(N)c(C)n1. The van der Waals surface area contributed by atoms with Gasteiger partial charge >= 0.3 is 0 Å². The number of aryl methyl sites for hydroxylation is 1. The van der Waals surface area contributed by atoms with Gasteiger partial charge in [-0.2, -0.15) is 0 Å². The molecule has 0 aliphatic heterocycles. The minimum absolute atomic E-state index is 0.745. The number of nitrogen functional groups attached to an aromatic ring is 1. The molecule has 94 valence electrons. The van der Waals surface area contributed by atoms with E-state index in [1.54, 1.807) is 0 Å². The molecular formula is C15H19N3. The van der Waals surface area contributed by atoms with Crippen LogP contribution in [0.5, 0.6) is 0 Å². The summed E-state index contributed by atoms with van der Waals surface area (Å²) in [4.78, 5) is 6.78. The number of pyridine rings is 1. The molecule has 2 N–H and O–H groups in total. The summed E-state index contributed by atoms with van der Waals surface area (Å²) >= 11 is 0. The van der Waals surface area contributed by atoms with Crippen molar-refractivity contribution >= 4 is 11.5 Å². The highest BCUT2D eigenvalue weighted by Crippen LogP contribution is 2.18. The van der Waals surface area contributed by atoms with Gasteiger partial charge in [-0.05, 0) is 31.5 Å². The van der Waals surface area contributed by atoms with E-state index in [9.17, 15) is 0 Å². The zero-order valence-corrected chi connectivity index (χ0v) is 10.9. The lowest BCUT2D eigenvalue weighted by molar-refractivity contribution is 0.811. The number of hydrogen-bond donors (Lipinski definition) is 1. The predicted molar refractivity (Wildman–Crippen MR) is 76.6 cm³/mol. The summed E-state index contributed by atoms with van der Waals surface area (Å²) in [6, 6.07) is 14.3. The Kier molecular flexibility index (Phi) is 3.82. The minimum Gasteiger partial charge on any atom is -0.397 e. The molecule has 1 heterocycles. The monoisotopic (exact) mass is 241 g/mol. The molecule has 2 aromatic rings. The van der Waals surface area contributed by atoms with Crippen LogP contribution in [0.2, 0.25) is 0 Å². The van der Waals surface area contributed by atoms with Crippen molar-refractivity contribution in [3.05, 3.63) is 53.7 Å². The second-order valence-electron chi connectivity index (χ2n) is 4.34. The van der Waals surface area contributed by atoms with Crippen molar-refractivity contribution in [1.82, 2.24) is 4.98 Å². The molecule has 0 aliphatic carbocycles. The van der Waals surface area contributed by atoms with Crippen molar-refractivity contribution < 1.29 is 0 Å². The van der Waals surface area contributed by atoms with Crippen LogP contribution >= 0.6 is 0 Å². The Hall–Kier alpha value is -2.03. The third-order valence-corrected chi connectivity index (χ3v) is 3.03. The van der Waals surface area contributed by atoms with Crippen molar-refractivity contribution in [2.45, 2.75) is 20.4 Å². The first-order valence-electron chi connectivity index (χ1n) is 6.22. The van der Waals surface area contributed by atoms with Crippen molar-refractivity contribution in [2.24, 2.45) is 0 Å². The van der Waals surface area contributed by atoms with Gasteiger partial charge in [0.25, 0.3) is 0 Å². The molecule has 1 aromatic heterocycles. The van der Waals surface area contributed by atoms with Gasteiger partial charge in [0.1, 0.15) is 5.82 Å². The van der Waals surface area contributed by atoms with Crippen LogP contribution in [0.1, 0.15) is 18.2 Å². The standard InChI is InChI=1S/C15H19N3/c1-3-18(11-13-7-5-4-6-8-13)15-10-9-14(16)12(2)17-15/h4-10H,3,11,16H2,1-2H3. The average molecular weight is 241 g/mol. The van der Waals surface area contributed by atoms with Crippen LogP contribution in [0.25, 0.3) is 0 Å². The molecule has 0 atom stereocenters. The van der Waals surface area contributed by atoms with Gasteiger partial charge in [0.2, 0.25) is 0 Å². The van der Waals surface area contributed by atoms with E-state index >= 15 is 0 Å². The molecule has 0 fully saturated rings. The summed E-state index contributed by atoms with van der Waals surface area (Å²) in [5.74, 6) is 0.980. The molecular weight excluding hydrogens is 222 g/mol. The largest absolute Gasteiger partial charge is 0.397 e. The number of nitrogens with zero attached hydrogens (tertiary/aromatic N) is 2. The molecule has 0 amide bonds. The number of hydrogen-bond acceptors (Lipinski definition) is 3. The van der Waals surface area contributed by atoms with Gasteiger partial charge in [0, 0.05) is 13.1 Å². The lowest BCUT2D eigenvalue weighted by Gasteiger charge is -2.22. The third kappa shape index (κ3) is 2.80. The van der Waals surface area contributed by atoms with E-state index in [4.69, 9.17) is 5.73 Å². The number of benzene rings is 1. The van der Waals surface area contributed by atoms with Gasteiger partial charge in [0.05, 0.1) is 11.4 Å². The van der Waals surface area contributed by atoms with Gasteiger partial charge < -0.3 is 10.6 Å². The fourth-order valence-corrected chi connectivity index (χ4v) is 1.89. The zero-order valence-electron chi connectivity index (χ0n) is 10.9. The highest BCUT2D eigenvalue weighted by Gasteiger charge is 2.07. The van der Waals surface area contributed by atoms with E-state index in [0.29, 0.717) is 0 Å². The first kappa shape index (κ1) is 12.4. The Morgan fingerprint density at radius 1 is 1.11 bits per heavy atom. The van der Waals surface area contributed by atoms with E-state index in [0.717, 1.165) is 30.3 Å². The third-order valence-electron chi connectivity index (χ3n) is 3.03. The van der Waals surface area contributed by atoms with Crippen LogP contribution in [0.15, 0.2) is 42.5 Å². The summed E-state index contributed by atoms with van der Waals surface area (Å²) in [5.41, 5.74) is 8.72. The van der Waals surface area contributed by atoms with Crippen molar-refractivity contribution in [3.63, 3.8) is 0 Å². The van der Waals surface area contributed by atoms with Gasteiger partial charge in [-0.25, -0.2) is 4.98 Å². The number of nitrogens with two attached hydrogens (primary N) is 1. The Balaban J connectivity index is 2.20. The maximum Gasteiger partial charge on any atom is 0.129 e. The Morgan fingerprint density at radius 3 is 2.44 bits per heavy atom. The predicted octanol–water partition coefficient (Wildman–Crippen LogP) is 3.00. The fraction of sp³-hybridized carbons (Fsp3) is 0.267. The van der Waals surface area contributed by atoms with Crippen LogP contribution in [-0.4, -0.2) is 11.5 Å². The molecule has 0 saturated carbocycles. The van der Waals surface area contributed by atoms with Crippen LogP contribution < -0.4 is 10.6 Å². The molecule has 3 nitrogen and oxygen atoms in total. The maximum atomic E-state index is 5.80. The summed E-state index contributed by atoms with van der Waals surface area (Å²) in [7, 11) is 0. The van der Waals surface area contributed by atoms with Gasteiger partial charge in [0.15, 0.2) is 0 Å². The topological polar surface area (TPSA) is 42.1 Å². The molecule has 3 heteroatoms. The zero-order chi connectivity index (χ0) is 13.0. The van der Waals surface area contributed by atoms with Crippen molar-refractivity contribution in [2.75, 3.05) is 17.2 Å². The van der Waals surface area contributed by atoms with Crippen molar-refractivity contribution in [3.8, 4) is 0 Å². The van der Waals surface area contributed by atoms with E-state index in [-0.39, 0.29) is 0 Å². The highest BCUT2D eigenvalue weighted by atomic mass is 15.2. The number of anilines is 2. The first-order chi connectivity index (χ1) is 8.70. The highest BCUT2D eigenvalue weighted by molar-refractivity contribution is 5.50. The second-order valence-corrected chi connectivity index (χ2v) is 4.34. The van der Waals surface area contributed by atoms with E-state index in [1.165, 1.54) is 5.56 Å². The van der Waals surface area contributed by atoms with E-state index in [2.05, 4.69) is 41.1 Å². The molecule has 0 bridgehead atoms. The Labute approximate surface area is 108 Å². The molecule has 0 radical (unpaired) electrons. The maximum absolute atomic E-state index is 5.80. The minimum atomic E-state index is 0.745. The molecule has 2 rings (SSSR count). The first-order valence-corrected chi connectivity index (χ1v) is 6.22. The molecule has 0 spiro atoms. The summed E-state index contributed by atoms with van der Waals surface area (Å²) in [6.45, 7) is 5.87. The van der Waals surface area contributed by atoms with Crippen LogP contribution in [0, 0.1) is 6.92 Å². The lowest BCUT2D eigenvalue weighted by atomic mass is 10.2. The smallest absolute Gasteiger partial charge is 0.129 e. The number of aromatic nitrogens is 1. The molecule has 0 aliphatic rings. The molecule has 18 heavy (non-hydrogen) atoms. The fourth-order valence-electron chi connectivity index (χ4n) is 1.89. The van der Waals surface area contributed by atoms with Crippen LogP contribution in [0.4, 0.5) is 11.5 Å². The second kappa shape index (κ2) is 5.54. The van der Waals surface area contributed by atoms with Gasteiger partial charge in [-0.1, -0.05) is 30.3 Å². The number of rotatable bonds is 4. The van der Waals surface area contributed by atoms with E-state index < -0.39 is 0 Å². The average Bonchev–Trinajstić information content (AvgIpc) is 2.40. The van der Waals surface area contributed by atoms with E-state index in [1.807, 2.05) is 25.1 Å². The summed E-state index contributed by atoms with van der Waals surface area (Å²) in [6.07, 6.45) is 0. The molecule has 0 saturated heterocycles. The Morgan fingerprint density at radius 2 is 1.83 bits per heavy atom. The summed E-state index contributed by atoms with van der Waals surface area (Å²) in [5, 5.41) is 0. The normalized spacial score (nSPS) is 10.3. The quantitative estimate of drug-likeness (QED) is 0.894. The van der Waals surface area contributed by atoms with Crippen molar-refractivity contribution in [1.29, 1.82) is 0 Å². The molecule has 0 unspecified atom stereocenters.